The Labute approximate surface area is 119 Å². The Hall–Kier alpha value is -2.14. The summed E-state index contributed by atoms with van der Waals surface area (Å²) in [6.07, 6.45) is 1.19. The maximum absolute atomic E-state index is 11.3. The van der Waals surface area contributed by atoms with Gasteiger partial charge >= 0.3 is 0 Å². The lowest BCUT2D eigenvalue weighted by atomic mass is 10.1. The van der Waals surface area contributed by atoms with Crippen molar-refractivity contribution < 1.29 is 8.42 Å². The van der Waals surface area contributed by atoms with Gasteiger partial charge in [-0.1, -0.05) is 30.3 Å². The van der Waals surface area contributed by atoms with Gasteiger partial charge in [0.2, 0.25) is 0 Å². The highest BCUT2D eigenvalue weighted by atomic mass is 32.2. The Balaban J connectivity index is 2.12. The lowest BCUT2D eigenvalue weighted by Crippen LogP contribution is -2.00. The van der Waals surface area contributed by atoms with Gasteiger partial charge in [0, 0.05) is 6.26 Å². The number of nitrogens with one attached hydrogen (secondary N) is 1. The van der Waals surface area contributed by atoms with E-state index in [1.165, 1.54) is 6.26 Å². The van der Waals surface area contributed by atoms with E-state index in [1.807, 2.05) is 37.3 Å². The smallest absolute Gasteiger partial charge is 0.175 e. The van der Waals surface area contributed by atoms with Crippen LogP contribution in [0.25, 0.3) is 0 Å². The Bertz CT molecular complexity index is 705. The lowest BCUT2D eigenvalue weighted by Gasteiger charge is -2.04. The zero-order chi connectivity index (χ0) is 14.6. The second-order valence-corrected chi connectivity index (χ2v) is 6.49. The van der Waals surface area contributed by atoms with Gasteiger partial charge in [0.15, 0.2) is 9.84 Å². The minimum atomic E-state index is -3.16. The van der Waals surface area contributed by atoms with Gasteiger partial charge in [-0.05, 0) is 36.8 Å². The van der Waals surface area contributed by atoms with Crippen molar-refractivity contribution in [2.45, 2.75) is 11.8 Å². The van der Waals surface area contributed by atoms with E-state index in [2.05, 4.69) is 10.5 Å². The van der Waals surface area contributed by atoms with E-state index in [0.29, 0.717) is 4.90 Å². The number of rotatable bonds is 4. The van der Waals surface area contributed by atoms with Crippen LogP contribution in [0, 0.1) is 0 Å². The zero-order valence-electron chi connectivity index (χ0n) is 11.4. The fourth-order valence-corrected chi connectivity index (χ4v) is 2.30. The van der Waals surface area contributed by atoms with E-state index in [-0.39, 0.29) is 0 Å². The third-order valence-electron chi connectivity index (χ3n) is 2.83. The van der Waals surface area contributed by atoms with E-state index >= 15 is 0 Å². The van der Waals surface area contributed by atoms with Crippen LogP contribution in [0.3, 0.4) is 0 Å². The van der Waals surface area contributed by atoms with Crippen molar-refractivity contribution in [1.29, 1.82) is 0 Å². The van der Waals surface area contributed by atoms with Crippen molar-refractivity contribution in [2.24, 2.45) is 5.10 Å². The third-order valence-corrected chi connectivity index (χ3v) is 3.96. The molecule has 0 aliphatic carbocycles. The number of hydrogen-bond acceptors (Lipinski definition) is 4. The van der Waals surface area contributed by atoms with Gasteiger partial charge in [0.25, 0.3) is 0 Å². The molecule has 0 fully saturated rings. The summed E-state index contributed by atoms with van der Waals surface area (Å²) in [5.74, 6) is 0. The highest BCUT2D eigenvalue weighted by molar-refractivity contribution is 7.90. The molecule has 0 heterocycles. The molecule has 0 bridgehead atoms. The SMILES string of the molecule is CC(=NNc1ccc(S(C)(=O)=O)cc1)c1ccccc1. The van der Waals surface area contributed by atoms with Crippen molar-refractivity contribution in [3.05, 3.63) is 60.2 Å². The van der Waals surface area contributed by atoms with Crippen LogP contribution in [0.2, 0.25) is 0 Å². The molecule has 0 atom stereocenters. The number of nitrogens with zero attached hydrogens (tertiary/aromatic N) is 1. The number of sulfone groups is 1. The fraction of sp³-hybridized carbons (Fsp3) is 0.133. The molecule has 0 aliphatic heterocycles. The normalized spacial score (nSPS) is 12.2. The van der Waals surface area contributed by atoms with Crippen molar-refractivity contribution in [3.8, 4) is 0 Å². The van der Waals surface area contributed by atoms with Gasteiger partial charge in [-0.25, -0.2) is 8.42 Å². The first-order valence-corrected chi connectivity index (χ1v) is 8.02. The zero-order valence-corrected chi connectivity index (χ0v) is 12.2. The van der Waals surface area contributed by atoms with E-state index in [0.717, 1.165) is 17.0 Å². The Morgan fingerprint density at radius 2 is 1.60 bits per heavy atom. The number of hydrogen-bond donors (Lipinski definition) is 1. The summed E-state index contributed by atoms with van der Waals surface area (Å²) >= 11 is 0. The largest absolute Gasteiger partial charge is 0.278 e. The van der Waals surface area contributed by atoms with Gasteiger partial charge in [0.05, 0.1) is 16.3 Å². The number of anilines is 1. The molecule has 20 heavy (non-hydrogen) atoms. The minimum Gasteiger partial charge on any atom is -0.278 e. The van der Waals surface area contributed by atoms with Crippen LogP contribution in [0.5, 0.6) is 0 Å². The Morgan fingerprint density at radius 1 is 1.00 bits per heavy atom. The van der Waals surface area contributed by atoms with Crippen LogP contribution in [0.1, 0.15) is 12.5 Å². The second-order valence-electron chi connectivity index (χ2n) is 4.47. The molecule has 104 valence electrons. The fourth-order valence-electron chi connectivity index (χ4n) is 1.67. The van der Waals surface area contributed by atoms with Crippen LogP contribution in [0.4, 0.5) is 5.69 Å². The predicted octanol–water partition coefficient (Wildman–Crippen LogP) is 2.93. The molecule has 0 aromatic heterocycles. The molecule has 2 aromatic carbocycles. The third kappa shape index (κ3) is 3.68. The predicted molar refractivity (Wildman–Crippen MR) is 81.8 cm³/mol. The summed E-state index contributed by atoms with van der Waals surface area (Å²) < 4.78 is 22.7. The molecule has 0 saturated carbocycles. The van der Waals surface area contributed by atoms with Crippen molar-refractivity contribution in [2.75, 3.05) is 11.7 Å². The van der Waals surface area contributed by atoms with Crippen LogP contribution in [-0.4, -0.2) is 20.4 Å². The minimum absolute atomic E-state index is 0.298. The first-order valence-electron chi connectivity index (χ1n) is 6.12. The molecule has 0 spiro atoms. The van der Waals surface area contributed by atoms with E-state index < -0.39 is 9.84 Å². The van der Waals surface area contributed by atoms with Gasteiger partial charge in [-0.15, -0.1) is 0 Å². The average molecular weight is 288 g/mol. The quantitative estimate of drug-likeness (QED) is 0.695. The molecule has 1 N–H and O–H groups in total. The van der Waals surface area contributed by atoms with E-state index in [4.69, 9.17) is 0 Å². The monoisotopic (exact) mass is 288 g/mol. The van der Waals surface area contributed by atoms with Crippen LogP contribution >= 0.6 is 0 Å². The molecule has 0 unspecified atom stereocenters. The molecule has 0 aliphatic rings. The van der Waals surface area contributed by atoms with Gasteiger partial charge in [0.1, 0.15) is 0 Å². The van der Waals surface area contributed by atoms with Gasteiger partial charge in [-0.2, -0.15) is 5.10 Å². The highest BCUT2D eigenvalue weighted by Gasteiger charge is 2.05. The summed E-state index contributed by atoms with van der Waals surface area (Å²) in [7, 11) is -3.16. The Kier molecular flexibility index (Phi) is 4.20. The van der Waals surface area contributed by atoms with Crippen molar-refractivity contribution in [1.82, 2.24) is 0 Å². The summed E-state index contributed by atoms with van der Waals surface area (Å²) in [6, 6.07) is 16.3. The molecule has 5 heteroatoms. The van der Waals surface area contributed by atoms with Crippen LogP contribution < -0.4 is 5.43 Å². The van der Waals surface area contributed by atoms with Crippen molar-refractivity contribution >= 4 is 21.2 Å². The molecule has 0 radical (unpaired) electrons. The first kappa shape index (κ1) is 14.3. The maximum Gasteiger partial charge on any atom is 0.175 e. The van der Waals surface area contributed by atoms with Crippen LogP contribution in [-0.2, 0) is 9.84 Å². The molecule has 2 aromatic rings. The second kappa shape index (κ2) is 5.88. The summed E-state index contributed by atoms with van der Waals surface area (Å²) in [6.45, 7) is 1.91. The Morgan fingerprint density at radius 3 is 2.15 bits per heavy atom. The standard InChI is InChI=1S/C15H16N2O2S/c1-12(13-6-4-3-5-7-13)16-17-14-8-10-15(11-9-14)20(2,18)19/h3-11,17H,1-2H3. The molecule has 0 amide bonds. The first-order chi connectivity index (χ1) is 9.47. The summed E-state index contributed by atoms with van der Waals surface area (Å²) in [5.41, 5.74) is 5.55. The van der Waals surface area contributed by atoms with Crippen LogP contribution in [0.15, 0.2) is 64.6 Å². The molecular weight excluding hydrogens is 272 g/mol. The van der Waals surface area contributed by atoms with Gasteiger partial charge in [-0.3, -0.25) is 5.43 Å². The molecular formula is C15H16N2O2S. The molecule has 4 nitrogen and oxygen atoms in total. The topological polar surface area (TPSA) is 58.5 Å². The van der Waals surface area contributed by atoms with E-state index in [9.17, 15) is 8.42 Å². The van der Waals surface area contributed by atoms with E-state index in [1.54, 1.807) is 24.3 Å². The van der Waals surface area contributed by atoms with Gasteiger partial charge < -0.3 is 0 Å². The summed E-state index contributed by atoms with van der Waals surface area (Å²) in [5, 5.41) is 4.27. The highest BCUT2D eigenvalue weighted by Crippen LogP contribution is 2.14. The maximum atomic E-state index is 11.3. The lowest BCUT2D eigenvalue weighted by molar-refractivity contribution is 0.602. The summed E-state index contributed by atoms with van der Waals surface area (Å²) in [4.78, 5) is 0.298. The molecule has 2 rings (SSSR count). The average Bonchev–Trinajstić information content (AvgIpc) is 2.45. The molecule has 0 saturated heterocycles. The van der Waals surface area contributed by atoms with Crippen molar-refractivity contribution in [3.63, 3.8) is 0 Å². The number of hydrazone groups is 1. The number of benzene rings is 2.